The van der Waals surface area contributed by atoms with Crippen LogP contribution in [0, 0.1) is 0 Å². The number of nitrogens with zero attached hydrogens (tertiary/aromatic N) is 5. The van der Waals surface area contributed by atoms with Gasteiger partial charge in [-0.1, -0.05) is 12.1 Å². The molecule has 0 spiro atoms. The lowest BCUT2D eigenvalue weighted by atomic mass is 9.92. The van der Waals surface area contributed by atoms with Crippen LogP contribution in [0.5, 0.6) is 0 Å². The van der Waals surface area contributed by atoms with Crippen LogP contribution in [0.1, 0.15) is 67.3 Å². The number of rotatable bonds is 5. The molecule has 2 aromatic heterocycles. The zero-order chi connectivity index (χ0) is 17.1. The van der Waals surface area contributed by atoms with E-state index in [4.69, 9.17) is 5.73 Å². The molecule has 0 bridgehead atoms. The van der Waals surface area contributed by atoms with Crippen LogP contribution >= 0.6 is 0 Å². The Labute approximate surface area is 141 Å². The van der Waals surface area contributed by atoms with Gasteiger partial charge in [0.25, 0.3) is 5.91 Å². The maximum Gasteiger partial charge on any atom is 0.273 e. The summed E-state index contributed by atoms with van der Waals surface area (Å²) in [6.07, 6.45) is 8.20. The predicted octanol–water partition coefficient (Wildman–Crippen LogP) is 1.34. The van der Waals surface area contributed by atoms with E-state index < -0.39 is 0 Å². The van der Waals surface area contributed by atoms with Crippen LogP contribution in [0.4, 0.5) is 0 Å². The monoisotopic (exact) mass is 331 g/mol. The molecular formula is C16H25N7O. The minimum absolute atomic E-state index is 0.0946. The molecule has 3 rings (SSSR count). The number of hydrogen-bond donors (Lipinski definition) is 2. The third kappa shape index (κ3) is 3.48. The molecule has 130 valence electrons. The Bertz CT molecular complexity index is 684. The number of nitrogens with one attached hydrogen (secondary N) is 1. The van der Waals surface area contributed by atoms with E-state index in [0.29, 0.717) is 5.69 Å². The molecule has 1 saturated carbocycles. The van der Waals surface area contributed by atoms with Gasteiger partial charge >= 0.3 is 0 Å². The Hall–Kier alpha value is -2.22. The topological polar surface area (TPSA) is 104 Å². The van der Waals surface area contributed by atoms with Crippen LogP contribution in [0.25, 0.3) is 0 Å². The van der Waals surface area contributed by atoms with Crippen LogP contribution in [0.15, 0.2) is 18.5 Å². The Kier molecular flexibility index (Phi) is 4.94. The van der Waals surface area contributed by atoms with Crippen molar-refractivity contribution in [2.45, 2.75) is 57.2 Å². The summed E-state index contributed by atoms with van der Waals surface area (Å²) in [6, 6.07) is 2.40. The zero-order valence-corrected chi connectivity index (χ0v) is 14.2. The number of carbonyl (C=O) groups is 1. The van der Waals surface area contributed by atoms with Crippen molar-refractivity contribution in [2.24, 2.45) is 12.8 Å². The molecule has 0 radical (unpaired) electrons. The van der Waals surface area contributed by atoms with Crippen molar-refractivity contribution in [3.63, 3.8) is 0 Å². The van der Waals surface area contributed by atoms with E-state index in [1.807, 2.05) is 24.7 Å². The lowest BCUT2D eigenvalue weighted by Gasteiger charge is -2.25. The molecule has 8 nitrogen and oxygen atoms in total. The molecule has 2 aromatic rings. The molecule has 2 heterocycles. The summed E-state index contributed by atoms with van der Waals surface area (Å²) in [7, 11) is 1.87. The molecule has 1 aliphatic carbocycles. The second-order valence-electron chi connectivity index (χ2n) is 6.47. The maximum absolute atomic E-state index is 12.5. The first-order valence-electron chi connectivity index (χ1n) is 8.54. The molecule has 1 amide bonds. The van der Waals surface area contributed by atoms with E-state index >= 15 is 0 Å². The van der Waals surface area contributed by atoms with Gasteiger partial charge in [0.15, 0.2) is 5.69 Å². The fourth-order valence-corrected chi connectivity index (χ4v) is 3.27. The van der Waals surface area contributed by atoms with Gasteiger partial charge in [-0.2, -0.15) is 5.10 Å². The van der Waals surface area contributed by atoms with E-state index in [-0.39, 0.29) is 24.0 Å². The van der Waals surface area contributed by atoms with E-state index in [1.54, 1.807) is 17.1 Å². The first-order chi connectivity index (χ1) is 11.6. The number of aryl methyl sites for hydroxylation is 1. The van der Waals surface area contributed by atoms with Crippen LogP contribution in [0.3, 0.4) is 0 Å². The lowest BCUT2D eigenvalue weighted by molar-refractivity contribution is 0.0928. The number of carbonyl (C=O) groups excluding carboxylic acids is 1. The van der Waals surface area contributed by atoms with E-state index in [1.165, 1.54) is 0 Å². The SMILES string of the molecule is CC[C@H](NC(=O)c1cn(C2CCC(N)CC2)nn1)c1ccnn1C. The smallest absolute Gasteiger partial charge is 0.273 e. The van der Waals surface area contributed by atoms with Gasteiger partial charge < -0.3 is 11.1 Å². The van der Waals surface area contributed by atoms with Gasteiger partial charge in [0.1, 0.15) is 0 Å². The highest BCUT2D eigenvalue weighted by molar-refractivity contribution is 5.92. The van der Waals surface area contributed by atoms with Gasteiger partial charge in [-0.25, -0.2) is 4.68 Å². The fourth-order valence-electron chi connectivity index (χ4n) is 3.27. The summed E-state index contributed by atoms with van der Waals surface area (Å²) in [5.74, 6) is -0.207. The first-order valence-corrected chi connectivity index (χ1v) is 8.54. The quantitative estimate of drug-likeness (QED) is 0.860. The molecule has 3 N–H and O–H groups in total. The molecule has 0 saturated heterocycles. The van der Waals surface area contributed by atoms with E-state index in [9.17, 15) is 4.79 Å². The Morgan fingerprint density at radius 1 is 1.42 bits per heavy atom. The molecule has 24 heavy (non-hydrogen) atoms. The summed E-state index contributed by atoms with van der Waals surface area (Å²) < 4.78 is 3.59. The Balaban J connectivity index is 1.66. The minimum Gasteiger partial charge on any atom is -0.342 e. The summed E-state index contributed by atoms with van der Waals surface area (Å²) in [6.45, 7) is 2.03. The normalized spacial score (nSPS) is 22.3. The minimum atomic E-state index is -0.207. The highest BCUT2D eigenvalue weighted by Gasteiger charge is 2.23. The molecule has 1 atom stereocenters. The van der Waals surface area contributed by atoms with Gasteiger partial charge in [-0.15, -0.1) is 5.10 Å². The molecule has 0 unspecified atom stereocenters. The van der Waals surface area contributed by atoms with Crippen molar-refractivity contribution < 1.29 is 4.79 Å². The van der Waals surface area contributed by atoms with Crippen LogP contribution in [0.2, 0.25) is 0 Å². The van der Waals surface area contributed by atoms with Gasteiger partial charge in [-0.05, 0) is 38.2 Å². The highest BCUT2D eigenvalue weighted by Crippen LogP contribution is 2.26. The van der Waals surface area contributed by atoms with Crippen molar-refractivity contribution in [3.05, 3.63) is 29.8 Å². The van der Waals surface area contributed by atoms with Crippen molar-refractivity contribution in [1.29, 1.82) is 0 Å². The number of aromatic nitrogens is 5. The summed E-state index contributed by atoms with van der Waals surface area (Å²) in [5.41, 5.74) is 7.26. The second kappa shape index (κ2) is 7.12. The molecule has 1 fully saturated rings. The number of hydrogen-bond acceptors (Lipinski definition) is 5. The number of amides is 1. The average molecular weight is 331 g/mol. The van der Waals surface area contributed by atoms with Crippen LogP contribution < -0.4 is 11.1 Å². The largest absolute Gasteiger partial charge is 0.342 e. The summed E-state index contributed by atoms with van der Waals surface area (Å²) in [4.78, 5) is 12.5. The average Bonchev–Trinajstić information content (AvgIpc) is 3.22. The van der Waals surface area contributed by atoms with Gasteiger partial charge in [0, 0.05) is 19.3 Å². The van der Waals surface area contributed by atoms with Crippen LogP contribution in [-0.2, 0) is 7.05 Å². The van der Waals surface area contributed by atoms with Crippen molar-refractivity contribution in [2.75, 3.05) is 0 Å². The highest BCUT2D eigenvalue weighted by atomic mass is 16.2. The Morgan fingerprint density at radius 2 is 2.17 bits per heavy atom. The summed E-state index contributed by atoms with van der Waals surface area (Å²) in [5, 5.41) is 15.4. The van der Waals surface area contributed by atoms with Crippen molar-refractivity contribution >= 4 is 5.91 Å². The number of nitrogens with two attached hydrogens (primary N) is 1. The van der Waals surface area contributed by atoms with E-state index in [0.717, 1.165) is 37.8 Å². The fraction of sp³-hybridized carbons (Fsp3) is 0.625. The second-order valence-corrected chi connectivity index (χ2v) is 6.47. The van der Waals surface area contributed by atoms with E-state index in [2.05, 4.69) is 20.7 Å². The first kappa shape index (κ1) is 16.6. The molecular weight excluding hydrogens is 306 g/mol. The third-order valence-electron chi connectivity index (χ3n) is 4.79. The standard InChI is InChI=1S/C16H25N7O/c1-3-13(15-8-9-18-22(15)2)19-16(24)14-10-23(21-20-14)12-6-4-11(17)5-7-12/h8-13H,3-7,17H2,1-2H3,(H,19,24)/t11?,12?,13-/m0/s1. The zero-order valence-electron chi connectivity index (χ0n) is 14.2. The molecule has 1 aliphatic rings. The molecule has 0 aromatic carbocycles. The Morgan fingerprint density at radius 3 is 2.79 bits per heavy atom. The predicted molar refractivity (Wildman–Crippen MR) is 89.2 cm³/mol. The maximum atomic E-state index is 12.5. The lowest BCUT2D eigenvalue weighted by Crippen LogP contribution is -2.30. The van der Waals surface area contributed by atoms with Crippen molar-refractivity contribution in [3.8, 4) is 0 Å². The van der Waals surface area contributed by atoms with Gasteiger partial charge in [0.2, 0.25) is 0 Å². The molecule has 8 heteroatoms. The molecule has 0 aliphatic heterocycles. The summed E-state index contributed by atoms with van der Waals surface area (Å²) >= 11 is 0. The van der Waals surface area contributed by atoms with Gasteiger partial charge in [0.05, 0.1) is 24.0 Å². The van der Waals surface area contributed by atoms with Crippen LogP contribution in [-0.4, -0.2) is 36.7 Å². The van der Waals surface area contributed by atoms with Crippen molar-refractivity contribution in [1.82, 2.24) is 30.1 Å². The third-order valence-corrected chi connectivity index (χ3v) is 4.79. The van der Waals surface area contributed by atoms with Gasteiger partial charge in [-0.3, -0.25) is 9.48 Å².